The molecule has 0 fully saturated rings. The van der Waals surface area contributed by atoms with E-state index in [-0.39, 0.29) is 17.9 Å². The van der Waals surface area contributed by atoms with Gasteiger partial charge in [0.25, 0.3) is 0 Å². The lowest BCUT2D eigenvalue weighted by Gasteiger charge is -2.35. The molecule has 2 atom stereocenters. The number of benzene rings is 2. The van der Waals surface area contributed by atoms with Gasteiger partial charge in [-0.2, -0.15) is 0 Å². The number of methoxy groups -OCH3 is 1. The Hall–Kier alpha value is -2.83. The average molecular weight is 449 g/mol. The molecule has 0 bridgehead atoms. The van der Waals surface area contributed by atoms with E-state index in [2.05, 4.69) is 45.9 Å². The first-order valence-corrected chi connectivity index (χ1v) is 12.0. The Morgan fingerprint density at radius 1 is 1.22 bits per heavy atom. The van der Waals surface area contributed by atoms with Crippen LogP contribution in [0.3, 0.4) is 0 Å². The topological polar surface area (TPSA) is 50.8 Å². The van der Waals surface area contributed by atoms with Crippen LogP contribution >= 0.6 is 11.3 Å². The molecule has 2 unspecified atom stereocenters. The molecule has 3 heterocycles. The van der Waals surface area contributed by atoms with E-state index in [4.69, 9.17) is 9.47 Å². The van der Waals surface area contributed by atoms with Crippen molar-refractivity contribution < 1.29 is 14.3 Å². The van der Waals surface area contributed by atoms with Crippen molar-refractivity contribution in [3.63, 3.8) is 0 Å². The van der Waals surface area contributed by atoms with Gasteiger partial charge in [-0.05, 0) is 59.2 Å². The fourth-order valence-corrected chi connectivity index (χ4v) is 5.57. The zero-order valence-electron chi connectivity index (χ0n) is 18.3. The van der Waals surface area contributed by atoms with Crippen molar-refractivity contribution in [3.05, 3.63) is 81.5 Å². The highest BCUT2D eigenvalue weighted by Crippen LogP contribution is 2.32. The van der Waals surface area contributed by atoms with Crippen LogP contribution in [0.1, 0.15) is 27.6 Å². The summed E-state index contributed by atoms with van der Waals surface area (Å²) in [6.07, 6.45) is 1.73. The second kappa shape index (κ2) is 9.35. The molecule has 1 amide bonds. The zero-order chi connectivity index (χ0) is 21.9. The highest BCUT2D eigenvalue weighted by atomic mass is 32.1. The van der Waals surface area contributed by atoms with Gasteiger partial charge in [-0.15, -0.1) is 11.3 Å². The van der Waals surface area contributed by atoms with Crippen molar-refractivity contribution in [2.45, 2.75) is 25.4 Å². The smallest absolute Gasteiger partial charge is 0.226 e. The third kappa shape index (κ3) is 4.38. The van der Waals surface area contributed by atoms with Gasteiger partial charge in [-0.1, -0.05) is 30.3 Å². The van der Waals surface area contributed by atoms with Gasteiger partial charge in [0.05, 0.1) is 19.1 Å². The van der Waals surface area contributed by atoms with E-state index >= 15 is 0 Å². The zero-order valence-corrected chi connectivity index (χ0v) is 19.1. The Bertz CT molecular complexity index is 1080. The molecule has 3 aromatic rings. The highest BCUT2D eigenvalue weighted by molar-refractivity contribution is 7.10. The van der Waals surface area contributed by atoms with Gasteiger partial charge < -0.3 is 14.8 Å². The van der Waals surface area contributed by atoms with Crippen LogP contribution in [0, 0.1) is 5.92 Å². The molecule has 2 aliphatic heterocycles. The molecule has 1 aromatic heterocycles. The first-order chi connectivity index (χ1) is 15.7. The van der Waals surface area contributed by atoms with Gasteiger partial charge in [0.2, 0.25) is 5.91 Å². The number of rotatable bonds is 6. The first-order valence-electron chi connectivity index (χ1n) is 11.1. The summed E-state index contributed by atoms with van der Waals surface area (Å²) in [5.41, 5.74) is 3.68. The Morgan fingerprint density at radius 3 is 2.94 bits per heavy atom. The van der Waals surface area contributed by atoms with Crippen LogP contribution in [0.15, 0.2) is 60.0 Å². The summed E-state index contributed by atoms with van der Waals surface area (Å²) in [6, 6.07) is 18.7. The number of thiophene rings is 1. The predicted octanol–water partition coefficient (Wildman–Crippen LogP) is 4.22. The van der Waals surface area contributed by atoms with Crippen LogP contribution in [0.25, 0.3) is 0 Å². The van der Waals surface area contributed by atoms with E-state index in [1.54, 1.807) is 7.11 Å². The second-order valence-corrected chi connectivity index (χ2v) is 9.45. The standard InChI is InChI=1S/C26H28N2O3S/c1-30-22-7-8-24-20(14-22)13-21(17-31-24)26(29)27-15-23(18-5-3-2-4-6-18)28-11-9-25-19(16-28)10-12-32-25/h2-8,10,12,14,21,23H,9,11,13,15-17H2,1H3,(H,27,29). The minimum absolute atomic E-state index is 0.0487. The maximum Gasteiger partial charge on any atom is 0.226 e. The number of nitrogens with one attached hydrogen (secondary N) is 1. The van der Waals surface area contributed by atoms with Crippen molar-refractivity contribution in [2.24, 2.45) is 5.92 Å². The van der Waals surface area contributed by atoms with Gasteiger partial charge >= 0.3 is 0 Å². The van der Waals surface area contributed by atoms with Crippen LogP contribution < -0.4 is 14.8 Å². The molecule has 5 nitrogen and oxygen atoms in total. The molecule has 2 aromatic carbocycles. The number of ether oxygens (including phenoxy) is 2. The second-order valence-electron chi connectivity index (χ2n) is 8.45. The number of carbonyl (C=O) groups excluding carboxylic acids is 1. The first kappa shape index (κ1) is 21.0. The molecule has 5 rings (SSSR count). The normalized spacial score (nSPS) is 18.7. The largest absolute Gasteiger partial charge is 0.497 e. The molecule has 32 heavy (non-hydrogen) atoms. The van der Waals surface area contributed by atoms with Crippen LogP contribution in [0.2, 0.25) is 0 Å². The summed E-state index contributed by atoms with van der Waals surface area (Å²) in [7, 11) is 1.65. The Balaban J connectivity index is 1.28. The lowest BCUT2D eigenvalue weighted by atomic mass is 9.95. The Morgan fingerprint density at radius 2 is 2.09 bits per heavy atom. The summed E-state index contributed by atoms with van der Waals surface area (Å²) in [4.78, 5) is 17.1. The van der Waals surface area contributed by atoms with E-state index in [9.17, 15) is 4.79 Å². The molecular formula is C26H28N2O3S. The molecule has 0 spiro atoms. The van der Waals surface area contributed by atoms with E-state index in [1.165, 1.54) is 16.0 Å². The third-order valence-corrected chi connectivity index (χ3v) is 7.50. The lowest BCUT2D eigenvalue weighted by molar-refractivity contribution is -0.126. The van der Waals surface area contributed by atoms with Crippen LogP contribution in [-0.4, -0.2) is 37.6 Å². The molecule has 0 saturated carbocycles. The van der Waals surface area contributed by atoms with E-state index in [1.807, 2.05) is 35.6 Å². The predicted molar refractivity (Wildman–Crippen MR) is 126 cm³/mol. The molecule has 0 radical (unpaired) electrons. The molecule has 2 aliphatic rings. The van der Waals surface area contributed by atoms with Gasteiger partial charge in [0.15, 0.2) is 0 Å². The fraction of sp³-hybridized carbons (Fsp3) is 0.346. The quantitative estimate of drug-likeness (QED) is 0.613. The van der Waals surface area contributed by atoms with E-state index in [0.29, 0.717) is 19.6 Å². The van der Waals surface area contributed by atoms with Gasteiger partial charge in [0, 0.05) is 24.5 Å². The monoisotopic (exact) mass is 448 g/mol. The van der Waals surface area contributed by atoms with E-state index < -0.39 is 0 Å². The number of carbonyl (C=O) groups is 1. The molecule has 166 valence electrons. The summed E-state index contributed by atoms with van der Waals surface area (Å²) in [5.74, 6) is 1.48. The summed E-state index contributed by atoms with van der Waals surface area (Å²) in [5, 5.41) is 5.42. The van der Waals surface area contributed by atoms with Crippen LogP contribution in [-0.2, 0) is 24.2 Å². The minimum Gasteiger partial charge on any atom is -0.497 e. The summed E-state index contributed by atoms with van der Waals surface area (Å²) >= 11 is 1.85. The minimum atomic E-state index is -0.198. The number of nitrogens with zero attached hydrogens (tertiary/aromatic N) is 1. The maximum absolute atomic E-state index is 13.1. The molecule has 6 heteroatoms. The molecule has 1 N–H and O–H groups in total. The number of fused-ring (bicyclic) bond motifs is 2. The SMILES string of the molecule is COc1ccc2c(c1)CC(C(=O)NCC(c1ccccc1)N1CCc3sccc3C1)CO2. The lowest BCUT2D eigenvalue weighted by Crippen LogP contribution is -2.43. The Kier molecular flexibility index (Phi) is 6.14. The highest BCUT2D eigenvalue weighted by Gasteiger charge is 2.29. The van der Waals surface area contributed by atoms with Gasteiger partial charge in [-0.3, -0.25) is 9.69 Å². The van der Waals surface area contributed by atoms with Crippen LogP contribution in [0.4, 0.5) is 0 Å². The van der Waals surface area contributed by atoms with Gasteiger partial charge in [0.1, 0.15) is 18.1 Å². The number of hydrogen-bond acceptors (Lipinski definition) is 5. The summed E-state index contributed by atoms with van der Waals surface area (Å²) in [6.45, 7) is 2.92. The van der Waals surface area contributed by atoms with E-state index in [0.717, 1.165) is 36.6 Å². The van der Waals surface area contributed by atoms with Crippen molar-refractivity contribution >= 4 is 17.2 Å². The molecule has 0 aliphatic carbocycles. The fourth-order valence-electron chi connectivity index (χ4n) is 4.68. The number of amides is 1. The van der Waals surface area contributed by atoms with Crippen molar-refractivity contribution in [2.75, 3.05) is 26.8 Å². The Labute approximate surface area is 193 Å². The molecule has 0 saturated heterocycles. The average Bonchev–Trinajstić information content (AvgIpc) is 3.32. The van der Waals surface area contributed by atoms with Crippen molar-refractivity contribution in [1.82, 2.24) is 10.2 Å². The third-order valence-electron chi connectivity index (χ3n) is 6.48. The van der Waals surface area contributed by atoms with Gasteiger partial charge in [-0.25, -0.2) is 0 Å². The van der Waals surface area contributed by atoms with Crippen LogP contribution in [0.5, 0.6) is 11.5 Å². The maximum atomic E-state index is 13.1. The van der Waals surface area contributed by atoms with Crippen molar-refractivity contribution in [1.29, 1.82) is 0 Å². The summed E-state index contributed by atoms with van der Waals surface area (Å²) < 4.78 is 11.2. The van der Waals surface area contributed by atoms with Crippen molar-refractivity contribution in [3.8, 4) is 11.5 Å². The number of hydrogen-bond donors (Lipinski definition) is 1. The molecular weight excluding hydrogens is 420 g/mol.